The molecule has 1 atom stereocenters. The number of aliphatic carboxylic acids is 1. The molecule has 0 saturated heterocycles. The van der Waals surface area contributed by atoms with Gasteiger partial charge in [0.1, 0.15) is 6.04 Å². The summed E-state index contributed by atoms with van der Waals surface area (Å²) < 4.78 is 0. The number of anilines is 1. The van der Waals surface area contributed by atoms with Gasteiger partial charge in [-0.3, -0.25) is 5.10 Å². The van der Waals surface area contributed by atoms with Crippen LogP contribution in [-0.4, -0.2) is 33.3 Å². The third kappa shape index (κ3) is 4.27. The molecule has 0 spiro atoms. The lowest BCUT2D eigenvalue weighted by molar-refractivity contribution is -0.139. The van der Waals surface area contributed by atoms with Gasteiger partial charge in [-0.1, -0.05) is 13.8 Å². The zero-order valence-corrected chi connectivity index (χ0v) is 11.6. The largest absolute Gasteiger partial charge is 0.480 e. The fourth-order valence-electron chi connectivity index (χ4n) is 1.74. The van der Waals surface area contributed by atoms with Crippen LogP contribution in [0, 0.1) is 19.8 Å². The lowest BCUT2D eigenvalue weighted by atomic mass is 10.0. The number of hydrogen-bond acceptors (Lipinski definition) is 3. The zero-order chi connectivity index (χ0) is 14.6. The van der Waals surface area contributed by atoms with Crippen LogP contribution in [0.3, 0.4) is 0 Å². The van der Waals surface area contributed by atoms with Crippen molar-refractivity contribution in [2.45, 2.75) is 40.2 Å². The number of carbonyl (C=O) groups excluding carboxylic acids is 1. The Balaban J connectivity index is 2.65. The highest BCUT2D eigenvalue weighted by atomic mass is 16.4. The highest BCUT2D eigenvalue weighted by molar-refractivity contribution is 5.93. The van der Waals surface area contributed by atoms with Gasteiger partial charge in [0.05, 0.1) is 17.1 Å². The third-order valence-electron chi connectivity index (χ3n) is 2.68. The second kappa shape index (κ2) is 6.21. The maximum absolute atomic E-state index is 11.8. The SMILES string of the molecule is Cc1n[nH]c(C)c1NC(=O)N[C@@H](CC(C)C)C(=O)O. The minimum atomic E-state index is -1.04. The van der Waals surface area contributed by atoms with E-state index in [0.29, 0.717) is 17.8 Å². The fourth-order valence-corrected chi connectivity index (χ4v) is 1.74. The Morgan fingerprint density at radius 1 is 1.37 bits per heavy atom. The molecular weight excluding hydrogens is 248 g/mol. The average molecular weight is 268 g/mol. The van der Waals surface area contributed by atoms with Crippen molar-refractivity contribution >= 4 is 17.7 Å². The summed E-state index contributed by atoms with van der Waals surface area (Å²) in [5, 5.41) is 20.8. The summed E-state index contributed by atoms with van der Waals surface area (Å²) in [6.45, 7) is 7.33. The van der Waals surface area contributed by atoms with Crippen molar-refractivity contribution in [3.05, 3.63) is 11.4 Å². The number of nitrogens with one attached hydrogen (secondary N) is 3. The molecular formula is C12H20N4O3. The van der Waals surface area contributed by atoms with Crippen LogP contribution >= 0.6 is 0 Å². The number of nitrogens with zero attached hydrogens (tertiary/aromatic N) is 1. The monoisotopic (exact) mass is 268 g/mol. The Bertz CT molecular complexity index is 448. The molecule has 1 rings (SSSR count). The summed E-state index contributed by atoms with van der Waals surface area (Å²) in [6, 6.07) is -1.44. The van der Waals surface area contributed by atoms with E-state index in [1.165, 1.54) is 0 Å². The van der Waals surface area contributed by atoms with Gasteiger partial charge in [0, 0.05) is 0 Å². The van der Waals surface area contributed by atoms with Crippen molar-refractivity contribution in [2.24, 2.45) is 5.92 Å². The molecule has 1 aromatic rings. The number of carboxylic acid groups (broad SMARTS) is 1. The van der Waals surface area contributed by atoms with E-state index in [-0.39, 0.29) is 5.92 Å². The molecule has 4 N–H and O–H groups in total. The molecule has 0 fully saturated rings. The minimum Gasteiger partial charge on any atom is -0.480 e. The maximum atomic E-state index is 11.8. The smallest absolute Gasteiger partial charge is 0.326 e. The quantitative estimate of drug-likeness (QED) is 0.651. The van der Waals surface area contributed by atoms with Crippen molar-refractivity contribution < 1.29 is 14.7 Å². The highest BCUT2D eigenvalue weighted by Crippen LogP contribution is 2.15. The van der Waals surface area contributed by atoms with E-state index in [9.17, 15) is 9.59 Å². The Labute approximate surface area is 111 Å². The number of H-pyrrole nitrogens is 1. The molecule has 0 aliphatic rings. The predicted molar refractivity (Wildman–Crippen MR) is 71.1 cm³/mol. The Morgan fingerprint density at radius 3 is 2.42 bits per heavy atom. The van der Waals surface area contributed by atoms with Gasteiger partial charge in [-0.05, 0) is 26.2 Å². The first-order valence-electron chi connectivity index (χ1n) is 6.13. The summed E-state index contributed by atoms with van der Waals surface area (Å²) in [4.78, 5) is 22.8. The molecule has 106 valence electrons. The van der Waals surface area contributed by atoms with E-state index in [2.05, 4.69) is 20.8 Å². The molecule has 1 heterocycles. The van der Waals surface area contributed by atoms with Gasteiger partial charge >= 0.3 is 12.0 Å². The van der Waals surface area contributed by atoms with Crippen LogP contribution < -0.4 is 10.6 Å². The van der Waals surface area contributed by atoms with Crippen molar-refractivity contribution in [3.63, 3.8) is 0 Å². The molecule has 0 aromatic carbocycles. The number of hydrogen-bond donors (Lipinski definition) is 4. The number of aryl methyl sites for hydroxylation is 2. The topological polar surface area (TPSA) is 107 Å². The number of carboxylic acids is 1. The molecule has 19 heavy (non-hydrogen) atoms. The van der Waals surface area contributed by atoms with Crippen LogP contribution in [0.15, 0.2) is 0 Å². The van der Waals surface area contributed by atoms with E-state index in [1.54, 1.807) is 13.8 Å². The van der Waals surface area contributed by atoms with Crippen LogP contribution in [0.4, 0.5) is 10.5 Å². The van der Waals surface area contributed by atoms with Gasteiger partial charge in [0.25, 0.3) is 0 Å². The molecule has 0 radical (unpaired) electrons. The van der Waals surface area contributed by atoms with Gasteiger partial charge in [-0.25, -0.2) is 9.59 Å². The predicted octanol–water partition coefficient (Wildman–Crippen LogP) is 1.65. The minimum absolute atomic E-state index is 0.179. The van der Waals surface area contributed by atoms with E-state index < -0.39 is 18.0 Å². The normalized spacial score (nSPS) is 12.3. The van der Waals surface area contributed by atoms with Gasteiger partial charge in [-0.2, -0.15) is 5.10 Å². The molecule has 0 aliphatic heterocycles. The number of aromatic nitrogens is 2. The first-order chi connectivity index (χ1) is 8.81. The fraction of sp³-hybridized carbons (Fsp3) is 0.583. The molecule has 1 aromatic heterocycles. The number of carbonyl (C=O) groups is 2. The van der Waals surface area contributed by atoms with E-state index in [0.717, 1.165) is 5.69 Å². The molecule has 7 nitrogen and oxygen atoms in total. The van der Waals surface area contributed by atoms with E-state index in [1.807, 2.05) is 13.8 Å². The Morgan fingerprint density at radius 2 is 2.00 bits per heavy atom. The second-order valence-electron chi connectivity index (χ2n) is 4.93. The molecule has 0 aliphatic carbocycles. The molecule has 0 saturated carbocycles. The lowest BCUT2D eigenvalue weighted by Crippen LogP contribution is -2.43. The van der Waals surface area contributed by atoms with Crippen LogP contribution in [-0.2, 0) is 4.79 Å². The lowest BCUT2D eigenvalue weighted by Gasteiger charge is -2.16. The highest BCUT2D eigenvalue weighted by Gasteiger charge is 2.21. The van der Waals surface area contributed by atoms with Crippen molar-refractivity contribution in [1.82, 2.24) is 15.5 Å². The first kappa shape index (κ1) is 15.0. The summed E-state index contributed by atoms with van der Waals surface area (Å²) in [7, 11) is 0. The van der Waals surface area contributed by atoms with E-state index >= 15 is 0 Å². The average Bonchev–Trinajstić information content (AvgIpc) is 2.59. The first-order valence-corrected chi connectivity index (χ1v) is 6.13. The number of aromatic amines is 1. The summed E-state index contributed by atoms with van der Waals surface area (Å²) >= 11 is 0. The number of amides is 2. The summed E-state index contributed by atoms with van der Waals surface area (Å²) in [5.41, 5.74) is 1.96. The summed E-state index contributed by atoms with van der Waals surface area (Å²) in [6.07, 6.45) is 0.381. The van der Waals surface area contributed by atoms with Crippen LogP contribution in [0.5, 0.6) is 0 Å². The van der Waals surface area contributed by atoms with Crippen molar-refractivity contribution in [3.8, 4) is 0 Å². The Kier molecular flexibility index (Phi) is 4.91. The molecule has 0 unspecified atom stereocenters. The van der Waals surface area contributed by atoms with Crippen LogP contribution in [0.2, 0.25) is 0 Å². The summed E-state index contributed by atoms with van der Waals surface area (Å²) in [5.74, 6) is -0.858. The van der Waals surface area contributed by atoms with Gasteiger partial charge in [0.15, 0.2) is 0 Å². The standard InChI is InChI=1S/C12H20N4O3/c1-6(2)5-9(11(17)18)13-12(19)14-10-7(3)15-16-8(10)4/h6,9H,5H2,1-4H3,(H,15,16)(H,17,18)(H2,13,14,19)/t9-/m0/s1. The third-order valence-corrected chi connectivity index (χ3v) is 2.68. The van der Waals surface area contributed by atoms with Gasteiger partial charge in [0.2, 0.25) is 0 Å². The molecule has 7 heteroatoms. The number of rotatable bonds is 5. The molecule has 2 amide bonds. The Hall–Kier alpha value is -2.05. The second-order valence-corrected chi connectivity index (χ2v) is 4.93. The maximum Gasteiger partial charge on any atom is 0.326 e. The zero-order valence-electron chi connectivity index (χ0n) is 11.6. The van der Waals surface area contributed by atoms with Crippen molar-refractivity contribution in [1.29, 1.82) is 0 Å². The van der Waals surface area contributed by atoms with Gasteiger partial charge in [-0.15, -0.1) is 0 Å². The van der Waals surface area contributed by atoms with Crippen molar-refractivity contribution in [2.75, 3.05) is 5.32 Å². The number of urea groups is 1. The van der Waals surface area contributed by atoms with Crippen LogP contribution in [0.1, 0.15) is 31.7 Å². The van der Waals surface area contributed by atoms with E-state index in [4.69, 9.17) is 5.11 Å². The van der Waals surface area contributed by atoms with Crippen LogP contribution in [0.25, 0.3) is 0 Å². The van der Waals surface area contributed by atoms with Gasteiger partial charge < -0.3 is 15.7 Å². The molecule has 0 bridgehead atoms.